The van der Waals surface area contributed by atoms with E-state index in [-0.39, 0.29) is 23.9 Å². The van der Waals surface area contributed by atoms with Crippen LogP contribution in [0.3, 0.4) is 0 Å². The van der Waals surface area contributed by atoms with Gasteiger partial charge in [0.25, 0.3) is 5.69 Å². The molecule has 0 aliphatic rings. The van der Waals surface area contributed by atoms with Gasteiger partial charge in [0.1, 0.15) is 0 Å². The fourth-order valence-electron chi connectivity index (χ4n) is 2.28. The zero-order chi connectivity index (χ0) is 17.7. The lowest BCUT2D eigenvalue weighted by atomic mass is 10.1. The number of hydrogen-bond acceptors (Lipinski definition) is 5. The van der Waals surface area contributed by atoms with Crippen molar-refractivity contribution >= 4 is 28.8 Å². The van der Waals surface area contributed by atoms with Crippen LogP contribution in [0.25, 0.3) is 0 Å². The molecule has 1 amide bonds. The molecule has 0 bridgehead atoms. The smallest absolute Gasteiger partial charge is 0.274 e. The summed E-state index contributed by atoms with van der Waals surface area (Å²) in [6, 6.07) is 11.3. The first kappa shape index (κ1) is 17.1. The maximum Gasteiger partial charge on any atom is 0.274 e. The zero-order valence-electron chi connectivity index (χ0n) is 13.3. The van der Waals surface area contributed by atoms with E-state index < -0.39 is 4.92 Å². The highest BCUT2D eigenvalue weighted by Gasteiger charge is 2.14. The first-order valence-corrected chi connectivity index (χ1v) is 7.28. The molecule has 24 heavy (non-hydrogen) atoms. The van der Waals surface area contributed by atoms with Crippen molar-refractivity contribution in [3.63, 3.8) is 0 Å². The molecule has 7 nitrogen and oxygen atoms in total. The molecule has 0 aliphatic carbocycles. The van der Waals surface area contributed by atoms with E-state index in [1.165, 1.54) is 13.0 Å². The molecule has 0 unspecified atom stereocenters. The Morgan fingerprint density at radius 2 is 1.75 bits per heavy atom. The van der Waals surface area contributed by atoms with E-state index in [1.54, 1.807) is 43.3 Å². The largest absolute Gasteiger partial charge is 0.376 e. The van der Waals surface area contributed by atoms with E-state index in [9.17, 15) is 19.7 Å². The van der Waals surface area contributed by atoms with Crippen LogP contribution in [0.4, 0.5) is 17.1 Å². The predicted octanol–water partition coefficient (Wildman–Crippen LogP) is 3.16. The average Bonchev–Trinajstić information content (AvgIpc) is 2.54. The first-order chi connectivity index (χ1) is 11.4. The van der Waals surface area contributed by atoms with Crippen LogP contribution in [0.1, 0.15) is 22.8 Å². The Kier molecular flexibility index (Phi) is 5.26. The van der Waals surface area contributed by atoms with Gasteiger partial charge in [0.2, 0.25) is 5.91 Å². The molecule has 2 aromatic carbocycles. The van der Waals surface area contributed by atoms with Gasteiger partial charge in [-0.15, -0.1) is 0 Å². The summed E-state index contributed by atoms with van der Waals surface area (Å²) in [6.45, 7) is 2.97. The maximum atomic E-state index is 12.1. The molecule has 0 aromatic heterocycles. The monoisotopic (exact) mass is 327 g/mol. The van der Waals surface area contributed by atoms with Crippen LogP contribution < -0.4 is 10.6 Å². The number of hydrogen-bond donors (Lipinski definition) is 2. The first-order valence-electron chi connectivity index (χ1n) is 7.28. The van der Waals surface area contributed by atoms with Crippen molar-refractivity contribution in [1.29, 1.82) is 0 Å². The third-order valence-corrected chi connectivity index (χ3v) is 3.52. The van der Waals surface area contributed by atoms with E-state index in [2.05, 4.69) is 10.6 Å². The molecule has 0 atom stereocenters. The number of anilines is 2. The molecule has 0 spiro atoms. The molecule has 0 aliphatic heterocycles. The van der Waals surface area contributed by atoms with Gasteiger partial charge in [0.05, 0.1) is 17.2 Å². The predicted molar refractivity (Wildman–Crippen MR) is 91.4 cm³/mol. The highest BCUT2D eigenvalue weighted by molar-refractivity contribution is 6.04. The molecule has 2 aromatic rings. The Bertz CT molecular complexity index is 802. The number of Topliss-reactive ketones (excluding diaryl/α,β-unsaturated/α-hetero) is 1. The molecule has 0 fully saturated rings. The minimum absolute atomic E-state index is 0.0117. The van der Waals surface area contributed by atoms with Crippen LogP contribution in [-0.4, -0.2) is 23.2 Å². The lowest BCUT2D eigenvalue weighted by molar-refractivity contribution is -0.385. The van der Waals surface area contributed by atoms with Gasteiger partial charge in [-0.1, -0.05) is 18.2 Å². The van der Waals surface area contributed by atoms with Gasteiger partial charge in [-0.3, -0.25) is 19.7 Å². The minimum atomic E-state index is -0.469. The molecular weight excluding hydrogens is 310 g/mol. The summed E-state index contributed by atoms with van der Waals surface area (Å²) in [5.74, 6) is -0.497. The van der Waals surface area contributed by atoms with Crippen molar-refractivity contribution in [2.24, 2.45) is 0 Å². The summed E-state index contributed by atoms with van der Waals surface area (Å²) in [5.41, 5.74) is 1.82. The maximum absolute atomic E-state index is 12.1. The number of nitrogens with one attached hydrogen (secondary N) is 2. The molecule has 0 radical (unpaired) electrons. The number of rotatable bonds is 6. The van der Waals surface area contributed by atoms with Crippen molar-refractivity contribution in [3.8, 4) is 0 Å². The molecule has 2 rings (SSSR count). The zero-order valence-corrected chi connectivity index (χ0v) is 13.3. The fraction of sp³-hybridized carbons (Fsp3) is 0.176. The van der Waals surface area contributed by atoms with Gasteiger partial charge in [0, 0.05) is 22.9 Å². The van der Waals surface area contributed by atoms with E-state index in [0.717, 1.165) is 0 Å². The Hall–Kier alpha value is -3.22. The highest BCUT2D eigenvalue weighted by Crippen LogP contribution is 2.24. The van der Waals surface area contributed by atoms with Crippen molar-refractivity contribution in [2.75, 3.05) is 17.2 Å². The van der Waals surface area contributed by atoms with E-state index in [4.69, 9.17) is 0 Å². The number of nitro benzene ring substituents is 1. The van der Waals surface area contributed by atoms with Crippen LogP contribution >= 0.6 is 0 Å². The Balaban J connectivity index is 2.06. The molecule has 0 heterocycles. The minimum Gasteiger partial charge on any atom is -0.376 e. The van der Waals surface area contributed by atoms with Gasteiger partial charge in [0.15, 0.2) is 5.78 Å². The number of carbonyl (C=O) groups excluding carboxylic acids is 2. The summed E-state index contributed by atoms with van der Waals surface area (Å²) in [5, 5.41) is 16.5. The van der Waals surface area contributed by atoms with Crippen LogP contribution in [0, 0.1) is 17.0 Å². The molecule has 2 N–H and O–H groups in total. The molecule has 7 heteroatoms. The van der Waals surface area contributed by atoms with Crippen molar-refractivity contribution < 1.29 is 14.5 Å². The second-order valence-electron chi connectivity index (χ2n) is 5.21. The Labute approximate surface area is 138 Å². The van der Waals surface area contributed by atoms with Crippen molar-refractivity contribution in [1.82, 2.24) is 0 Å². The van der Waals surface area contributed by atoms with E-state index >= 15 is 0 Å². The van der Waals surface area contributed by atoms with Crippen LogP contribution in [0.2, 0.25) is 0 Å². The highest BCUT2D eigenvalue weighted by atomic mass is 16.6. The average molecular weight is 327 g/mol. The lowest BCUT2D eigenvalue weighted by Crippen LogP contribution is -2.23. The normalized spacial score (nSPS) is 10.1. The fourth-order valence-corrected chi connectivity index (χ4v) is 2.28. The second-order valence-corrected chi connectivity index (χ2v) is 5.21. The van der Waals surface area contributed by atoms with Crippen LogP contribution in [-0.2, 0) is 4.79 Å². The second kappa shape index (κ2) is 7.36. The molecule has 0 saturated carbocycles. The van der Waals surface area contributed by atoms with E-state index in [0.29, 0.717) is 22.5 Å². The molecule has 124 valence electrons. The van der Waals surface area contributed by atoms with Gasteiger partial charge in [-0.2, -0.15) is 0 Å². The lowest BCUT2D eigenvalue weighted by Gasteiger charge is -2.11. The SMILES string of the molecule is CC(=O)c1ccccc1NC(=O)CNc1cccc([N+](=O)[O-])c1C. The number of amides is 1. The molecular formula is C17H17N3O4. The van der Waals surface area contributed by atoms with Crippen LogP contribution in [0.15, 0.2) is 42.5 Å². The molecule has 0 saturated heterocycles. The van der Waals surface area contributed by atoms with E-state index in [1.807, 2.05) is 0 Å². The summed E-state index contributed by atoms with van der Waals surface area (Å²) < 4.78 is 0. The topological polar surface area (TPSA) is 101 Å². The number of para-hydroxylation sites is 1. The summed E-state index contributed by atoms with van der Waals surface area (Å²) in [4.78, 5) is 34.1. The van der Waals surface area contributed by atoms with Crippen molar-refractivity contribution in [3.05, 3.63) is 63.7 Å². The Morgan fingerprint density at radius 1 is 1.08 bits per heavy atom. The van der Waals surface area contributed by atoms with Gasteiger partial charge in [-0.05, 0) is 32.0 Å². The standard InChI is InChI=1S/C17H17N3O4/c1-11-14(8-5-9-16(11)20(23)24)18-10-17(22)19-15-7-4-3-6-13(15)12(2)21/h3-9,18H,10H2,1-2H3,(H,19,22). The summed E-state index contributed by atoms with van der Waals surface area (Å²) >= 11 is 0. The van der Waals surface area contributed by atoms with Gasteiger partial charge >= 0.3 is 0 Å². The third-order valence-electron chi connectivity index (χ3n) is 3.52. The number of nitro groups is 1. The van der Waals surface area contributed by atoms with Gasteiger partial charge < -0.3 is 10.6 Å². The number of ketones is 1. The summed E-state index contributed by atoms with van der Waals surface area (Å²) in [7, 11) is 0. The number of carbonyl (C=O) groups is 2. The number of benzene rings is 2. The van der Waals surface area contributed by atoms with Gasteiger partial charge in [-0.25, -0.2) is 0 Å². The quantitative estimate of drug-likeness (QED) is 0.482. The summed E-state index contributed by atoms with van der Waals surface area (Å²) in [6.07, 6.45) is 0. The number of nitrogens with zero attached hydrogens (tertiary/aromatic N) is 1. The van der Waals surface area contributed by atoms with Crippen molar-refractivity contribution in [2.45, 2.75) is 13.8 Å². The Morgan fingerprint density at radius 3 is 2.42 bits per heavy atom. The van der Waals surface area contributed by atoms with Crippen LogP contribution in [0.5, 0.6) is 0 Å². The third kappa shape index (κ3) is 3.95.